The van der Waals surface area contributed by atoms with E-state index in [4.69, 9.17) is 4.74 Å². The van der Waals surface area contributed by atoms with Crippen LogP contribution >= 0.6 is 0 Å². The molecule has 1 aliphatic heterocycles. The summed E-state index contributed by atoms with van der Waals surface area (Å²) in [4.78, 5) is 13.8. The smallest absolute Gasteiger partial charge is 0.135 e. The molecule has 1 saturated heterocycles. The lowest BCUT2D eigenvalue weighted by atomic mass is 9.79. The summed E-state index contributed by atoms with van der Waals surface area (Å²) in [6.07, 6.45) is 6.71. The summed E-state index contributed by atoms with van der Waals surface area (Å²) < 4.78 is 5.42. The van der Waals surface area contributed by atoms with Crippen LogP contribution in [0.2, 0.25) is 0 Å². The molecule has 2 fully saturated rings. The molecule has 1 saturated carbocycles. The molecule has 0 aromatic rings. The number of carbonyl (C=O) groups is 1. The molecule has 0 bridgehead atoms. The number of hydrogen-bond donors (Lipinski definition) is 0. The molecule has 0 unspecified atom stereocenters. The van der Waals surface area contributed by atoms with Gasteiger partial charge in [-0.1, -0.05) is 0 Å². The Hall–Kier alpha value is -0.410. The number of piperidine rings is 1. The Bertz CT molecular complexity index is 247. The fourth-order valence-electron chi connectivity index (χ4n) is 3.06. The van der Waals surface area contributed by atoms with Gasteiger partial charge >= 0.3 is 0 Å². The first-order chi connectivity index (χ1) is 7.64. The van der Waals surface area contributed by atoms with Crippen LogP contribution in [0.4, 0.5) is 0 Å². The molecule has 0 aromatic heterocycles. The molecule has 1 aliphatic carbocycles. The number of hydrogen-bond acceptors (Lipinski definition) is 3. The maximum Gasteiger partial charge on any atom is 0.135 e. The molecule has 0 spiro atoms. The van der Waals surface area contributed by atoms with E-state index in [2.05, 4.69) is 11.8 Å². The molecule has 3 heteroatoms. The summed E-state index contributed by atoms with van der Waals surface area (Å²) in [5, 5.41) is 0. The van der Waals surface area contributed by atoms with Crippen molar-refractivity contribution in [1.82, 2.24) is 4.90 Å². The second kappa shape index (κ2) is 4.84. The Morgan fingerprint density at radius 2 is 1.81 bits per heavy atom. The summed E-state index contributed by atoms with van der Waals surface area (Å²) in [5.74, 6) is 0.436. The van der Waals surface area contributed by atoms with Gasteiger partial charge in [0, 0.05) is 38.6 Å². The summed E-state index contributed by atoms with van der Waals surface area (Å²) >= 11 is 0. The van der Waals surface area contributed by atoms with Gasteiger partial charge < -0.3 is 4.74 Å². The van der Waals surface area contributed by atoms with Crippen molar-refractivity contribution in [2.75, 3.05) is 20.2 Å². The highest BCUT2D eigenvalue weighted by Gasteiger charge is 2.37. The highest BCUT2D eigenvalue weighted by molar-refractivity contribution is 5.79. The van der Waals surface area contributed by atoms with Crippen molar-refractivity contribution >= 4 is 5.78 Å². The molecule has 1 heterocycles. The van der Waals surface area contributed by atoms with Crippen LogP contribution < -0.4 is 0 Å². The minimum atomic E-state index is 0.315. The molecule has 0 atom stereocenters. The van der Waals surface area contributed by atoms with Gasteiger partial charge in [-0.15, -0.1) is 0 Å². The first-order valence-corrected chi connectivity index (χ1v) is 6.43. The fraction of sp³-hybridized carbons (Fsp3) is 0.923. The Balaban J connectivity index is 1.90. The number of nitrogens with zero attached hydrogens (tertiary/aromatic N) is 1. The maximum atomic E-state index is 11.2. The van der Waals surface area contributed by atoms with Crippen molar-refractivity contribution in [1.29, 1.82) is 0 Å². The summed E-state index contributed by atoms with van der Waals surface area (Å²) in [6.45, 7) is 4.29. The van der Waals surface area contributed by atoms with Crippen molar-refractivity contribution in [3.05, 3.63) is 0 Å². The van der Waals surface area contributed by atoms with Crippen LogP contribution in [0.1, 0.15) is 45.4 Å². The van der Waals surface area contributed by atoms with E-state index in [1.807, 2.05) is 7.11 Å². The molecule has 2 rings (SSSR count). The molecule has 92 valence electrons. The van der Waals surface area contributed by atoms with Crippen molar-refractivity contribution in [3.8, 4) is 0 Å². The third-order valence-electron chi connectivity index (χ3n) is 4.43. The van der Waals surface area contributed by atoms with E-state index in [9.17, 15) is 4.79 Å². The summed E-state index contributed by atoms with van der Waals surface area (Å²) in [5.41, 5.74) is 0.315. The van der Waals surface area contributed by atoms with Gasteiger partial charge in [-0.3, -0.25) is 9.69 Å². The number of rotatable bonds is 2. The van der Waals surface area contributed by atoms with Gasteiger partial charge in [0.25, 0.3) is 0 Å². The third kappa shape index (κ3) is 2.46. The van der Waals surface area contributed by atoms with E-state index in [0.29, 0.717) is 17.4 Å². The topological polar surface area (TPSA) is 29.5 Å². The monoisotopic (exact) mass is 225 g/mol. The number of likely N-dealkylation sites (tertiary alicyclic amines) is 1. The van der Waals surface area contributed by atoms with E-state index in [-0.39, 0.29) is 0 Å². The van der Waals surface area contributed by atoms with Gasteiger partial charge in [0.15, 0.2) is 0 Å². The van der Waals surface area contributed by atoms with Crippen LogP contribution in [0.5, 0.6) is 0 Å². The Kier molecular flexibility index (Phi) is 3.65. The van der Waals surface area contributed by atoms with Crippen molar-refractivity contribution < 1.29 is 9.53 Å². The van der Waals surface area contributed by atoms with Gasteiger partial charge in [-0.2, -0.15) is 0 Å². The van der Waals surface area contributed by atoms with Crippen LogP contribution in [-0.4, -0.2) is 42.5 Å². The van der Waals surface area contributed by atoms with Crippen LogP contribution in [0.25, 0.3) is 0 Å². The predicted octanol–water partition coefficient (Wildman–Crippen LogP) is 2.00. The zero-order valence-electron chi connectivity index (χ0n) is 10.5. The molecule has 0 N–H and O–H groups in total. The SMILES string of the molecule is COC1CCC(C)(N2CCC(=O)CC2)CC1. The normalized spacial score (nSPS) is 37.6. The molecule has 0 amide bonds. The molecule has 2 aliphatic rings. The van der Waals surface area contributed by atoms with Crippen LogP contribution in [-0.2, 0) is 9.53 Å². The van der Waals surface area contributed by atoms with E-state index in [1.165, 1.54) is 12.8 Å². The highest BCUT2D eigenvalue weighted by atomic mass is 16.5. The summed E-state index contributed by atoms with van der Waals surface area (Å²) in [6, 6.07) is 0. The summed E-state index contributed by atoms with van der Waals surface area (Å²) in [7, 11) is 1.81. The molecule has 16 heavy (non-hydrogen) atoms. The van der Waals surface area contributed by atoms with Gasteiger partial charge in [0.05, 0.1) is 6.10 Å². The van der Waals surface area contributed by atoms with E-state index >= 15 is 0 Å². The van der Waals surface area contributed by atoms with Crippen LogP contribution in [0.3, 0.4) is 0 Å². The number of ketones is 1. The largest absolute Gasteiger partial charge is 0.381 e. The third-order valence-corrected chi connectivity index (χ3v) is 4.43. The van der Waals surface area contributed by atoms with Gasteiger partial charge in [-0.05, 0) is 32.6 Å². The Morgan fingerprint density at radius 3 is 2.31 bits per heavy atom. The minimum absolute atomic E-state index is 0.315. The van der Waals surface area contributed by atoms with E-state index in [1.54, 1.807) is 0 Å². The average molecular weight is 225 g/mol. The lowest BCUT2D eigenvalue weighted by Crippen LogP contribution is -2.52. The number of Topliss-reactive ketones (excluding diaryl/α,β-unsaturated/α-hetero) is 1. The molecular weight excluding hydrogens is 202 g/mol. The average Bonchev–Trinajstić information content (AvgIpc) is 2.31. The zero-order valence-corrected chi connectivity index (χ0v) is 10.5. The van der Waals surface area contributed by atoms with Gasteiger partial charge in [0.1, 0.15) is 5.78 Å². The maximum absolute atomic E-state index is 11.2. The quantitative estimate of drug-likeness (QED) is 0.720. The van der Waals surface area contributed by atoms with Crippen LogP contribution in [0.15, 0.2) is 0 Å². The predicted molar refractivity (Wildman–Crippen MR) is 63.5 cm³/mol. The van der Waals surface area contributed by atoms with Crippen molar-refractivity contribution in [3.63, 3.8) is 0 Å². The zero-order chi connectivity index (χ0) is 11.6. The number of ether oxygens (including phenoxy) is 1. The first-order valence-electron chi connectivity index (χ1n) is 6.43. The lowest BCUT2D eigenvalue weighted by Gasteiger charge is -2.47. The van der Waals surface area contributed by atoms with Crippen molar-refractivity contribution in [2.24, 2.45) is 0 Å². The second-order valence-corrected chi connectivity index (χ2v) is 5.46. The Morgan fingerprint density at radius 1 is 1.25 bits per heavy atom. The van der Waals surface area contributed by atoms with E-state index < -0.39 is 0 Å². The Labute approximate surface area is 98.1 Å². The van der Waals surface area contributed by atoms with Gasteiger partial charge in [0.2, 0.25) is 0 Å². The molecule has 0 radical (unpaired) electrons. The van der Waals surface area contributed by atoms with Crippen molar-refractivity contribution in [2.45, 2.75) is 57.1 Å². The fourth-order valence-corrected chi connectivity index (χ4v) is 3.06. The molecule has 3 nitrogen and oxygen atoms in total. The highest BCUT2D eigenvalue weighted by Crippen LogP contribution is 2.35. The van der Waals surface area contributed by atoms with Gasteiger partial charge in [-0.25, -0.2) is 0 Å². The second-order valence-electron chi connectivity index (χ2n) is 5.46. The molecule has 0 aromatic carbocycles. The lowest BCUT2D eigenvalue weighted by molar-refractivity contribution is -0.123. The van der Waals surface area contributed by atoms with E-state index in [0.717, 1.165) is 38.8 Å². The standard InChI is InChI=1S/C13H23NO2/c1-13(7-3-12(16-2)4-8-13)14-9-5-11(15)6-10-14/h12H,3-10H2,1-2H3. The minimum Gasteiger partial charge on any atom is -0.381 e. The first kappa shape index (κ1) is 12.1. The molecular formula is C13H23NO2. The number of methoxy groups -OCH3 is 1. The number of carbonyl (C=O) groups excluding carboxylic acids is 1. The van der Waals surface area contributed by atoms with Crippen LogP contribution in [0, 0.1) is 0 Å².